The van der Waals surface area contributed by atoms with Crippen LogP contribution < -0.4 is 10.6 Å². The van der Waals surface area contributed by atoms with Crippen LogP contribution in [0.25, 0.3) is 0 Å². The average molecular weight is 415 g/mol. The van der Waals surface area contributed by atoms with E-state index < -0.39 is 23.6 Å². The molecular formula is C21H16F3N3O3. The molecule has 0 spiro atoms. The second-order valence-electron chi connectivity index (χ2n) is 6.33. The maximum Gasteiger partial charge on any atom is 0.416 e. The Balaban J connectivity index is 1.86. The largest absolute Gasteiger partial charge is 0.438 e. The Bertz CT molecular complexity index is 1080. The molecule has 3 rings (SSSR count). The van der Waals surface area contributed by atoms with Crippen molar-refractivity contribution >= 4 is 11.8 Å². The highest BCUT2D eigenvalue weighted by molar-refractivity contribution is 6.10. The Morgan fingerprint density at radius 3 is 2.37 bits per heavy atom. The number of pyridine rings is 1. The first kappa shape index (κ1) is 21.0. The molecule has 3 aromatic rings. The van der Waals surface area contributed by atoms with Crippen molar-refractivity contribution in [2.75, 3.05) is 0 Å². The molecule has 0 atom stereocenters. The Labute approximate surface area is 169 Å². The number of rotatable bonds is 4. The van der Waals surface area contributed by atoms with Gasteiger partial charge in [-0.2, -0.15) is 13.2 Å². The van der Waals surface area contributed by atoms with Crippen LogP contribution in [0.3, 0.4) is 0 Å². The van der Waals surface area contributed by atoms with Gasteiger partial charge in [-0.15, -0.1) is 0 Å². The lowest BCUT2D eigenvalue weighted by Crippen LogP contribution is -2.42. The SMILES string of the molecule is Cc1ccc(Oc2ncccc2C(=O)N(N)C(=O)c2cccc(C(F)(F)F)c2)cc1. The number of nitrogens with zero attached hydrogens (tertiary/aromatic N) is 2. The number of hydrazine groups is 1. The fourth-order valence-electron chi connectivity index (χ4n) is 2.54. The number of halogens is 3. The zero-order valence-corrected chi connectivity index (χ0v) is 15.7. The number of aromatic nitrogens is 1. The van der Waals surface area contributed by atoms with Crippen molar-refractivity contribution in [3.05, 3.63) is 89.1 Å². The van der Waals surface area contributed by atoms with Crippen LogP contribution in [0, 0.1) is 6.92 Å². The molecule has 1 heterocycles. The first-order valence-corrected chi connectivity index (χ1v) is 8.67. The van der Waals surface area contributed by atoms with Crippen LogP contribution in [0.5, 0.6) is 11.6 Å². The molecule has 0 aliphatic carbocycles. The molecule has 0 unspecified atom stereocenters. The summed E-state index contributed by atoms with van der Waals surface area (Å²) in [5, 5.41) is 0.231. The van der Waals surface area contributed by atoms with Crippen molar-refractivity contribution < 1.29 is 27.5 Å². The summed E-state index contributed by atoms with van der Waals surface area (Å²) in [6.07, 6.45) is -3.26. The summed E-state index contributed by atoms with van der Waals surface area (Å²) in [5.41, 5.74) is -0.537. The second-order valence-corrected chi connectivity index (χ2v) is 6.33. The third-order valence-corrected chi connectivity index (χ3v) is 4.11. The van der Waals surface area contributed by atoms with Crippen LogP contribution in [-0.4, -0.2) is 21.8 Å². The highest BCUT2D eigenvalue weighted by Gasteiger charge is 2.32. The Hall–Kier alpha value is -3.72. The molecule has 2 aromatic carbocycles. The molecule has 1 aromatic heterocycles. The number of nitrogens with two attached hydrogens (primary N) is 1. The number of imide groups is 1. The molecule has 0 aliphatic rings. The van der Waals surface area contributed by atoms with E-state index in [4.69, 9.17) is 10.6 Å². The molecule has 2 amide bonds. The van der Waals surface area contributed by atoms with E-state index in [1.807, 2.05) is 6.92 Å². The van der Waals surface area contributed by atoms with Gasteiger partial charge in [0.1, 0.15) is 11.3 Å². The highest BCUT2D eigenvalue weighted by atomic mass is 19.4. The molecule has 0 radical (unpaired) electrons. The highest BCUT2D eigenvalue weighted by Crippen LogP contribution is 2.30. The fraction of sp³-hybridized carbons (Fsp3) is 0.0952. The van der Waals surface area contributed by atoms with E-state index in [9.17, 15) is 22.8 Å². The van der Waals surface area contributed by atoms with E-state index in [0.29, 0.717) is 11.8 Å². The van der Waals surface area contributed by atoms with Gasteiger partial charge < -0.3 is 4.74 Å². The summed E-state index contributed by atoms with van der Waals surface area (Å²) in [6.45, 7) is 1.89. The van der Waals surface area contributed by atoms with Crippen LogP contribution in [0.4, 0.5) is 13.2 Å². The minimum atomic E-state index is -4.64. The van der Waals surface area contributed by atoms with Gasteiger partial charge in [0, 0.05) is 11.8 Å². The summed E-state index contributed by atoms with van der Waals surface area (Å²) in [5.74, 6) is 3.86. The van der Waals surface area contributed by atoms with Crippen molar-refractivity contribution in [2.24, 2.45) is 5.84 Å². The van der Waals surface area contributed by atoms with Crippen molar-refractivity contribution in [1.29, 1.82) is 0 Å². The first-order valence-electron chi connectivity index (χ1n) is 8.67. The van der Waals surface area contributed by atoms with E-state index in [1.54, 1.807) is 24.3 Å². The van der Waals surface area contributed by atoms with Gasteiger partial charge in [0.15, 0.2) is 0 Å². The van der Waals surface area contributed by atoms with Gasteiger partial charge in [0.2, 0.25) is 5.88 Å². The van der Waals surface area contributed by atoms with Gasteiger partial charge in [-0.05, 0) is 49.4 Å². The van der Waals surface area contributed by atoms with E-state index in [2.05, 4.69) is 4.98 Å². The standard InChI is InChI=1S/C21H16F3N3O3/c1-13-7-9-16(10-8-13)30-18-17(6-3-11-26-18)20(29)27(25)19(28)14-4-2-5-15(12-14)21(22,23)24/h2-12H,25H2,1H3. The predicted octanol–water partition coefficient (Wildman–Crippen LogP) is 4.36. The zero-order valence-electron chi connectivity index (χ0n) is 15.7. The Kier molecular flexibility index (Phi) is 5.84. The van der Waals surface area contributed by atoms with Crippen LogP contribution in [0.2, 0.25) is 0 Å². The Morgan fingerprint density at radius 2 is 1.70 bits per heavy atom. The number of hydrogen-bond acceptors (Lipinski definition) is 5. The van der Waals surface area contributed by atoms with Crippen molar-refractivity contribution in [3.63, 3.8) is 0 Å². The van der Waals surface area contributed by atoms with Gasteiger partial charge >= 0.3 is 6.18 Å². The van der Waals surface area contributed by atoms with Crippen molar-refractivity contribution in [3.8, 4) is 11.6 Å². The lowest BCUT2D eigenvalue weighted by atomic mass is 10.1. The molecule has 30 heavy (non-hydrogen) atoms. The first-order chi connectivity index (χ1) is 14.2. The lowest BCUT2D eigenvalue weighted by molar-refractivity contribution is -0.137. The van der Waals surface area contributed by atoms with E-state index in [0.717, 1.165) is 23.8 Å². The lowest BCUT2D eigenvalue weighted by Gasteiger charge is -2.17. The molecule has 6 nitrogen and oxygen atoms in total. The summed E-state index contributed by atoms with van der Waals surface area (Å²) in [6, 6.07) is 13.4. The van der Waals surface area contributed by atoms with Gasteiger partial charge in [-0.3, -0.25) is 9.59 Å². The number of alkyl halides is 3. The maximum atomic E-state index is 12.9. The summed E-state index contributed by atoms with van der Waals surface area (Å²) < 4.78 is 44.3. The number of ether oxygens (including phenoxy) is 1. The molecule has 0 saturated carbocycles. The number of carbonyl (C=O) groups excluding carboxylic acids is 2. The number of hydrogen-bond donors (Lipinski definition) is 1. The van der Waals surface area contributed by atoms with E-state index in [-0.39, 0.29) is 22.0 Å². The van der Waals surface area contributed by atoms with Crippen molar-refractivity contribution in [1.82, 2.24) is 9.99 Å². The molecule has 0 saturated heterocycles. The third kappa shape index (κ3) is 4.64. The Morgan fingerprint density at radius 1 is 1.00 bits per heavy atom. The number of amides is 2. The van der Waals surface area contributed by atoms with Crippen LogP contribution in [0.15, 0.2) is 66.9 Å². The quantitative estimate of drug-likeness (QED) is 0.296. The number of carbonyl (C=O) groups is 2. The maximum absolute atomic E-state index is 12.9. The monoisotopic (exact) mass is 415 g/mol. The van der Waals surface area contributed by atoms with Crippen LogP contribution in [0.1, 0.15) is 31.8 Å². The zero-order chi connectivity index (χ0) is 21.9. The van der Waals surface area contributed by atoms with E-state index in [1.165, 1.54) is 18.3 Å². The topological polar surface area (TPSA) is 85.5 Å². The average Bonchev–Trinajstić information content (AvgIpc) is 2.73. The molecule has 9 heteroatoms. The summed E-state index contributed by atoms with van der Waals surface area (Å²) in [7, 11) is 0. The third-order valence-electron chi connectivity index (χ3n) is 4.11. The summed E-state index contributed by atoms with van der Waals surface area (Å²) in [4.78, 5) is 29.2. The van der Waals surface area contributed by atoms with Crippen molar-refractivity contribution in [2.45, 2.75) is 13.1 Å². The minimum Gasteiger partial charge on any atom is -0.438 e. The molecule has 2 N–H and O–H groups in total. The molecular weight excluding hydrogens is 399 g/mol. The molecule has 0 aliphatic heterocycles. The van der Waals surface area contributed by atoms with Gasteiger partial charge in [-0.1, -0.05) is 23.8 Å². The molecule has 154 valence electrons. The number of aryl methyl sites for hydroxylation is 1. The van der Waals surface area contributed by atoms with Gasteiger partial charge in [0.05, 0.1) is 5.56 Å². The second kappa shape index (κ2) is 8.34. The smallest absolute Gasteiger partial charge is 0.416 e. The van der Waals surface area contributed by atoms with Crippen LogP contribution in [-0.2, 0) is 6.18 Å². The van der Waals surface area contributed by atoms with Gasteiger partial charge in [0.25, 0.3) is 11.8 Å². The van der Waals surface area contributed by atoms with Crippen LogP contribution >= 0.6 is 0 Å². The number of benzene rings is 2. The predicted molar refractivity (Wildman–Crippen MR) is 102 cm³/mol. The normalized spacial score (nSPS) is 11.1. The van der Waals surface area contributed by atoms with E-state index >= 15 is 0 Å². The van der Waals surface area contributed by atoms with Gasteiger partial charge in [-0.25, -0.2) is 15.8 Å². The molecule has 0 fully saturated rings. The summed E-state index contributed by atoms with van der Waals surface area (Å²) >= 11 is 0. The molecule has 0 bridgehead atoms. The minimum absolute atomic E-state index is 0.0985. The fourth-order valence-corrected chi connectivity index (χ4v) is 2.54.